The summed E-state index contributed by atoms with van der Waals surface area (Å²) in [6.45, 7) is 1.06. The van der Waals surface area contributed by atoms with Crippen LogP contribution in [0.15, 0.2) is 12.4 Å². The van der Waals surface area contributed by atoms with Gasteiger partial charge in [0, 0.05) is 51.9 Å². The third kappa shape index (κ3) is 2.00. The molecule has 0 radical (unpaired) electrons. The van der Waals surface area contributed by atoms with Gasteiger partial charge >= 0.3 is 0 Å². The molecule has 2 fully saturated rings. The Labute approximate surface area is 102 Å². The van der Waals surface area contributed by atoms with Crippen molar-refractivity contribution in [1.82, 2.24) is 9.55 Å². The SMILES string of the molecule is COC1(OC)CC(Cn2ccnc2C2CC2)C1. The van der Waals surface area contributed by atoms with E-state index in [0.717, 1.165) is 25.3 Å². The van der Waals surface area contributed by atoms with E-state index >= 15 is 0 Å². The van der Waals surface area contributed by atoms with E-state index in [9.17, 15) is 0 Å². The zero-order valence-electron chi connectivity index (χ0n) is 10.6. The monoisotopic (exact) mass is 236 g/mol. The first kappa shape index (κ1) is 11.2. The van der Waals surface area contributed by atoms with Gasteiger partial charge in [-0.05, 0) is 18.8 Å². The van der Waals surface area contributed by atoms with Crippen LogP contribution in [0.3, 0.4) is 0 Å². The lowest BCUT2D eigenvalue weighted by atomic mass is 9.78. The van der Waals surface area contributed by atoms with Gasteiger partial charge in [-0.2, -0.15) is 0 Å². The van der Waals surface area contributed by atoms with Crippen LogP contribution in [0.5, 0.6) is 0 Å². The molecule has 1 aromatic rings. The summed E-state index contributed by atoms with van der Waals surface area (Å²) in [5.41, 5.74) is 0. The Morgan fingerprint density at radius 1 is 1.35 bits per heavy atom. The number of aromatic nitrogens is 2. The van der Waals surface area contributed by atoms with E-state index in [0.29, 0.717) is 5.92 Å². The van der Waals surface area contributed by atoms with Crippen LogP contribution in [0.1, 0.15) is 37.4 Å². The molecule has 1 aromatic heterocycles. The minimum absolute atomic E-state index is 0.314. The minimum Gasteiger partial charge on any atom is -0.353 e. The van der Waals surface area contributed by atoms with Crippen LogP contribution >= 0.6 is 0 Å². The number of imidazole rings is 1. The highest BCUT2D eigenvalue weighted by molar-refractivity contribution is 5.08. The van der Waals surface area contributed by atoms with Gasteiger partial charge < -0.3 is 14.0 Å². The summed E-state index contributed by atoms with van der Waals surface area (Å²) >= 11 is 0. The van der Waals surface area contributed by atoms with E-state index in [4.69, 9.17) is 9.47 Å². The summed E-state index contributed by atoms with van der Waals surface area (Å²) in [7, 11) is 3.46. The molecule has 0 amide bonds. The highest BCUT2D eigenvalue weighted by atomic mass is 16.7. The van der Waals surface area contributed by atoms with Crippen molar-refractivity contribution in [2.24, 2.45) is 5.92 Å². The Balaban J connectivity index is 1.60. The zero-order chi connectivity index (χ0) is 11.9. The van der Waals surface area contributed by atoms with Crippen molar-refractivity contribution in [3.63, 3.8) is 0 Å². The Morgan fingerprint density at radius 3 is 2.65 bits per heavy atom. The fourth-order valence-corrected chi connectivity index (χ4v) is 2.82. The van der Waals surface area contributed by atoms with Crippen LogP contribution in [0, 0.1) is 5.92 Å². The summed E-state index contributed by atoms with van der Waals surface area (Å²) in [6, 6.07) is 0. The van der Waals surface area contributed by atoms with Gasteiger partial charge in [0.15, 0.2) is 5.79 Å². The van der Waals surface area contributed by atoms with Crippen molar-refractivity contribution in [2.75, 3.05) is 14.2 Å². The summed E-state index contributed by atoms with van der Waals surface area (Å²) in [6.07, 6.45) is 8.62. The first-order chi connectivity index (χ1) is 8.26. The van der Waals surface area contributed by atoms with Gasteiger partial charge in [-0.15, -0.1) is 0 Å². The lowest BCUT2D eigenvalue weighted by Crippen LogP contribution is -2.48. The number of methoxy groups -OCH3 is 2. The van der Waals surface area contributed by atoms with Gasteiger partial charge in [0.2, 0.25) is 0 Å². The molecule has 0 aliphatic heterocycles. The molecule has 2 saturated carbocycles. The predicted octanol–water partition coefficient (Wildman–Crippen LogP) is 2.16. The molecular weight excluding hydrogens is 216 g/mol. The number of rotatable bonds is 5. The number of hydrogen-bond donors (Lipinski definition) is 0. The van der Waals surface area contributed by atoms with Crippen LogP contribution in [0.4, 0.5) is 0 Å². The van der Waals surface area contributed by atoms with Gasteiger partial charge in [-0.1, -0.05) is 0 Å². The van der Waals surface area contributed by atoms with Crippen LogP contribution in [-0.2, 0) is 16.0 Å². The molecule has 2 aliphatic carbocycles. The van der Waals surface area contributed by atoms with Crippen molar-refractivity contribution < 1.29 is 9.47 Å². The van der Waals surface area contributed by atoms with E-state index in [-0.39, 0.29) is 5.79 Å². The quantitative estimate of drug-likeness (QED) is 0.735. The first-order valence-electron chi connectivity index (χ1n) is 6.37. The number of nitrogens with zero attached hydrogens (tertiary/aromatic N) is 2. The van der Waals surface area contributed by atoms with Crippen molar-refractivity contribution in [2.45, 2.75) is 43.9 Å². The second-order valence-corrected chi connectivity index (χ2v) is 5.31. The van der Waals surface area contributed by atoms with E-state index in [1.54, 1.807) is 14.2 Å². The van der Waals surface area contributed by atoms with Crippen molar-refractivity contribution in [3.8, 4) is 0 Å². The van der Waals surface area contributed by atoms with E-state index < -0.39 is 0 Å². The largest absolute Gasteiger partial charge is 0.353 e. The number of hydrogen-bond acceptors (Lipinski definition) is 3. The lowest BCUT2D eigenvalue weighted by Gasteiger charge is -2.45. The van der Waals surface area contributed by atoms with E-state index in [1.165, 1.54) is 18.7 Å². The molecule has 0 aromatic carbocycles. The van der Waals surface area contributed by atoms with E-state index in [2.05, 4.69) is 15.7 Å². The first-order valence-corrected chi connectivity index (χ1v) is 6.37. The summed E-state index contributed by atoms with van der Waals surface area (Å²) in [4.78, 5) is 4.47. The van der Waals surface area contributed by atoms with Gasteiger partial charge in [-0.25, -0.2) is 4.98 Å². The third-order valence-electron chi connectivity index (χ3n) is 4.09. The summed E-state index contributed by atoms with van der Waals surface area (Å²) in [5.74, 6) is 2.34. The molecule has 0 saturated heterocycles. The third-order valence-corrected chi connectivity index (χ3v) is 4.09. The normalized spacial score (nSPS) is 23.6. The topological polar surface area (TPSA) is 36.3 Å². The Hall–Kier alpha value is -0.870. The Morgan fingerprint density at radius 2 is 2.06 bits per heavy atom. The molecule has 0 N–H and O–H groups in total. The average Bonchev–Trinajstić information content (AvgIpc) is 3.04. The smallest absolute Gasteiger partial charge is 0.168 e. The highest BCUT2D eigenvalue weighted by Gasteiger charge is 2.45. The molecule has 4 heteroatoms. The molecule has 0 atom stereocenters. The minimum atomic E-state index is -0.314. The standard InChI is InChI=1S/C13H20N2O2/c1-16-13(17-2)7-10(8-13)9-15-6-5-14-12(15)11-3-4-11/h5-6,10-11H,3-4,7-9H2,1-2H3. The Kier molecular flexibility index (Phi) is 2.71. The number of ether oxygens (including phenoxy) is 2. The molecule has 3 rings (SSSR count). The van der Waals surface area contributed by atoms with Crippen molar-refractivity contribution >= 4 is 0 Å². The summed E-state index contributed by atoms with van der Waals surface area (Å²) in [5, 5.41) is 0. The molecule has 0 unspecified atom stereocenters. The fraction of sp³-hybridized carbons (Fsp3) is 0.769. The lowest BCUT2D eigenvalue weighted by molar-refractivity contribution is -0.271. The van der Waals surface area contributed by atoms with Crippen molar-refractivity contribution in [3.05, 3.63) is 18.2 Å². The maximum Gasteiger partial charge on any atom is 0.168 e. The molecule has 0 bridgehead atoms. The van der Waals surface area contributed by atoms with Gasteiger partial charge in [0.1, 0.15) is 5.82 Å². The predicted molar refractivity (Wildman–Crippen MR) is 63.7 cm³/mol. The van der Waals surface area contributed by atoms with Crippen LogP contribution < -0.4 is 0 Å². The Bertz CT molecular complexity index is 386. The summed E-state index contributed by atoms with van der Waals surface area (Å²) < 4.78 is 13.1. The van der Waals surface area contributed by atoms with Crippen LogP contribution in [-0.4, -0.2) is 29.6 Å². The van der Waals surface area contributed by atoms with Crippen LogP contribution in [0.2, 0.25) is 0 Å². The molecule has 94 valence electrons. The molecule has 17 heavy (non-hydrogen) atoms. The van der Waals surface area contributed by atoms with Gasteiger partial charge in [0.25, 0.3) is 0 Å². The van der Waals surface area contributed by atoms with E-state index in [1.807, 2.05) is 6.20 Å². The highest BCUT2D eigenvalue weighted by Crippen LogP contribution is 2.43. The zero-order valence-corrected chi connectivity index (χ0v) is 10.6. The molecule has 2 aliphatic rings. The van der Waals surface area contributed by atoms with Gasteiger partial charge in [-0.3, -0.25) is 0 Å². The maximum atomic E-state index is 5.42. The fourth-order valence-electron chi connectivity index (χ4n) is 2.82. The van der Waals surface area contributed by atoms with Gasteiger partial charge in [0.05, 0.1) is 0 Å². The molecular formula is C13H20N2O2. The van der Waals surface area contributed by atoms with Crippen LogP contribution in [0.25, 0.3) is 0 Å². The average molecular weight is 236 g/mol. The molecule has 0 spiro atoms. The maximum absolute atomic E-state index is 5.42. The second-order valence-electron chi connectivity index (χ2n) is 5.31. The molecule has 1 heterocycles. The second kappa shape index (κ2) is 4.10. The molecule has 4 nitrogen and oxygen atoms in total. The van der Waals surface area contributed by atoms with Crippen molar-refractivity contribution in [1.29, 1.82) is 0 Å².